The molecule has 0 bridgehead atoms. The Bertz CT molecular complexity index is 1100. The van der Waals surface area contributed by atoms with Crippen LogP contribution in [-0.2, 0) is 6.18 Å². The van der Waals surface area contributed by atoms with Gasteiger partial charge in [0.15, 0.2) is 5.69 Å². The number of nitrogens with zero attached hydrogens (tertiary/aromatic N) is 2. The molecular weight excluding hydrogens is 429 g/mol. The number of hydrogen-bond acceptors (Lipinski definition) is 3. The van der Waals surface area contributed by atoms with E-state index < -0.39 is 11.9 Å². The maximum Gasteiger partial charge on any atom is 0.434 e. The summed E-state index contributed by atoms with van der Waals surface area (Å²) in [4.78, 5) is 16.2. The highest BCUT2D eigenvalue weighted by Crippen LogP contribution is 2.30. The first-order valence-electron chi connectivity index (χ1n) is 10.1. The number of rotatable bonds is 4. The molecule has 2 aromatic heterocycles. The summed E-state index contributed by atoms with van der Waals surface area (Å²) in [5.41, 5.74) is 0.765. The summed E-state index contributed by atoms with van der Waals surface area (Å²) in [5, 5.41) is 7.03. The van der Waals surface area contributed by atoms with E-state index in [1.54, 1.807) is 36.4 Å². The highest BCUT2D eigenvalue weighted by Gasteiger charge is 2.34. The smallest absolute Gasteiger partial charge is 0.368 e. The zero-order valence-electron chi connectivity index (χ0n) is 16.8. The van der Waals surface area contributed by atoms with Crippen LogP contribution in [0, 0.1) is 6.92 Å². The van der Waals surface area contributed by atoms with Crippen LogP contribution < -0.4 is 10.6 Å². The van der Waals surface area contributed by atoms with Crippen LogP contribution in [0.4, 0.5) is 19.0 Å². The molecule has 1 aliphatic rings. The van der Waals surface area contributed by atoms with Crippen molar-refractivity contribution in [1.82, 2.24) is 14.7 Å². The molecule has 4 rings (SSSR count). The SMILES string of the molecule is Cc1cc(C(=O)N[C@H]2CC[C@@H](Nc3cccc4nc(C(F)(F)F)cn34)CC2)ccc1Cl. The molecule has 1 amide bonds. The lowest BCUT2D eigenvalue weighted by atomic mass is 9.91. The maximum atomic E-state index is 13.0. The van der Waals surface area contributed by atoms with Crippen molar-refractivity contribution in [3.63, 3.8) is 0 Å². The molecule has 0 aliphatic heterocycles. The lowest BCUT2D eigenvalue weighted by Gasteiger charge is -2.30. The third kappa shape index (κ3) is 4.79. The minimum absolute atomic E-state index is 0.0578. The molecule has 2 N–H and O–H groups in total. The quantitative estimate of drug-likeness (QED) is 0.554. The number of imidazole rings is 1. The van der Waals surface area contributed by atoms with Crippen LogP contribution in [-0.4, -0.2) is 27.4 Å². The topological polar surface area (TPSA) is 58.4 Å². The highest BCUT2D eigenvalue weighted by atomic mass is 35.5. The largest absolute Gasteiger partial charge is 0.434 e. The summed E-state index contributed by atoms with van der Waals surface area (Å²) < 4.78 is 40.4. The Labute approximate surface area is 182 Å². The first-order valence-corrected chi connectivity index (χ1v) is 10.5. The molecule has 1 saturated carbocycles. The number of anilines is 1. The van der Waals surface area contributed by atoms with Crippen molar-refractivity contribution in [2.45, 2.75) is 50.9 Å². The number of benzene rings is 1. The van der Waals surface area contributed by atoms with Gasteiger partial charge in [-0.1, -0.05) is 17.7 Å². The second-order valence-corrected chi connectivity index (χ2v) is 8.30. The van der Waals surface area contributed by atoms with E-state index in [2.05, 4.69) is 15.6 Å². The third-order valence-electron chi connectivity index (χ3n) is 5.62. The number of pyridine rings is 1. The molecule has 3 aromatic rings. The highest BCUT2D eigenvalue weighted by molar-refractivity contribution is 6.31. The molecule has 0 unspecified atom stereocenters. The number of aromatic nitrogens is 2. The van der Waals surface area contributed by atoms with Crippen molar-refractivity contribution in [3.8, 4) is 0 Å². The Morgan fingerprint density at radius 1 is 1.13 bits per heavy atom. The molecule has 1 aromatic carbocycles. The molecule has 164 valence electrons. The summed E-state index contributed by atoms with van der Waals surface area (Å²) >= 11 is 6.02. The van der Waals surface area contributed by atoms with Gasteiger partial charge in [0.1, 0.15) is 11.5 Å². The lowest BCUT2D eigenvalue weighted by Crippen LogP contribution is -2.40. The van der Waals surface area contributed by atoms with E-state index in [4.69, 9.17) is 11.6 Å². The number of hydrogen-bond donors (Lipinski definition) is 2. The first-order chi connectivity index (χ1) is 14.7. The minimum Gasteiger partial charge on any atom is -0.368 e. The van der Waals surface area contributed by atoms with Gasteiger partial charge in [-0.2, -0.15) is 13.2 Å². The van der Waals surface area contributed by atoms with Crippen molar-refractivity contribution in [2.75, 3.05) is 5.32 Å². The predicted molar refractivity (Wildman–Crippen MR) is 114 cm³/mol. The Balaban J connectivity index is 1.37. The summed E-state index contributed by atoms with van der Waals surface area (Å²) in [6, 6.07) is 10.3. The number of fused-ring (bicyclic) bond motifs is 1. The van der Waals surface area contributed by atoms with E-state index in [1.807, 2.05) is 6.92 Å². The van der Waals surface area contributed by atoms with E-state index in [1.165, 1.54) is 4.40 Å². The summed E-state index contributed by atoms with van der Waals surface area (Å²) in [7, 11) is 0. The van der Waals surface area contributed by atoms with E-state index in [9.17, 15) is 18.0 Å². The Hall–Kier alpha value is -2.74. The average Bonchev–Trinajstić information content (AvgIpc) is 3.17. The number of nitrogens with one attached hydrogen (secondary N) is 2. The summed E-state index contributed by atoms with van der Waals surface area (Å²) in [6.07, 6.45) is -0.323. The number of amides is 1. The van der Waals surface area contributed by atoms with Crippen molar-refractivity contribution in [2.24, 2.45) is 0 Å². The summed E-state index contributed by atoms with van der Waals surface area (Å²) in [6.45, 7) is 1.86. The number of alkyl halides is 3. The number of carbonyl (C=O) groups is 1. The summed E-state index contributed by atoms with van der Waals surface area (Å²) in [5.74, 6) is 0.448. The monoisotopic (exact) mass is 450 g/mol. The van der Waals surface area contributed by atoms with Crippen molar-refractivity contribution in [3.05, 3.63) is 64.4 Å². The standard InChI is InChI=1S/C22H22ClF3N4O/c1-13-11-14(5-10-17(13)23)21(31)28-16-8-6-15(7-9-16)27-19-3-2-4-20-29-18(12-30(19)20)22(24,25)26/h2-5,10-12,15-16,27H,6-9H2,1H3,(H,28,31)/t15-,16+. The van der Waals surface area contributed by atoms with Crippen LogP contribution in [0.25, 0.3) is 5.65 Å². The van der Waals surface area contributed by atoms with E-state index in [0.717, 1.165) is 37.4 Å². The van der Waals surface area contributed by atoms with Gasteiger partial charge in [-0.15, -0.1) is 0 Å². The van der Waals surface area contributed by atoms with E-state index in [-0.39, 0.29) is 23.6 Å². The van der Waals surface area contributed by atoms with Gasteiger partial charge >= 0.3 is 6.18 Å². The molecule has 1 fully saturated rings. The van der Waals surface area contributed by atoms with Crippen LogP contribution in [0.15, 0.2) is 42.6 Å². The average molecular weight is 451 g/mol. The van der Waals surface area contributed by atoms with Crippen LogP contribution in [0.1, 0.15) is 47.3 Å². The Kier molecular flexibility index (Phi) is 5.83. The van der Waals surface area contributed by atoms with Gasteiger partial charge in [-0.25, -0.2) is 4.98 Å². The van der Waals surface area contributed by atoms with Crippen LogP contribution in [0.5, 0.6) is 0 Å². The van der Waals surface area contributed by atoms with Crippen molar-refractivity contribution < 1.29 is 18.0 Å². The zero-order valence-corrected chi connectivity index (χ0v) is 17.6. The van der Waals surface area contributed by atoms with Gasteiger partial charge in [0.05, 0.1) is 0 Å². The zero-order chi connectivity index (χ0) is 22.2. The van der Waals surface area contributed by atoms with Crippen LogP contribution in [0.3, 0.4) is 0 Å². The second kappa shape index (κ2) is 8.42. The number of aryl methyl sites for hydroxylation is 1. The van der Waals surface area contributed by atoms with Crippen molar-refractivity contribution in [1.29, 1.82) is 0 Å². The molecule has 0 radical (unpaired) electrons. The molecule has 9 heteroatoms. The molecule has 31 heavy (non-hydrogen) atoms. The molecule has 0 saturated heterocycles. The van der Waals surface area contributed by atoms with Gasteiger partial charge in [0.25, 0.3) is 5.91 Å². The fourth-order valence-electron chi connectivity index (χ4n) is 3.91. The number of halogens is 4. The van der Waals surface area contributed by atoms with Crippen LogP contribution >= 0.6 is 11.6 Å². The second-order valence-electron chi connectivity index (χ2n) is 7.89. The lowest BCUT2D eigenvalue weighted by molar-refractivity contribution is -0.140. The third-order valence-corrected chi connectivity index (χ3v) is 6.04. The Morgan fingerprint density at radius 2 is 1.84 bits per heavy atom. The molecule has 0 spiro atoms. The minimum atomic E-state index is -4.48. The van der Waals surface area contributed by atoms with Gasteiger partial charge in [-0.05, 0) is 68.5 Å². The normalized spacial score (nSPS) is 19.4. The van der Waals surface area contributed by atoms with Gasteiger partial charge < -0.3 is 10.6 Å². The molecular formula is C22H22ClF3N4O. The van der Waals surface area contributed by atoms with Crippen LogP contribution in [0.2, 0.25) is 5.02 Å². The molecule has 1 aliphatic carbocycles. The first kappa shape index (κ1) is 21.5. The van der Waals surface area contributed by atoms with Crippen molar-refractivity contribution >= 4 is 29.0 Å². The number of carbonyl (C=O) groups excluding carboxylic acids is 1. The van der Waals surface area contributed by atoms with E-state index in [0.29, 0.717) is 16.4 Å². The maximum absolute atomic E-state index is 13.0. The van der Waals surface area contributed by atoms with Gasteiger partial charge in [0.2, 0.25) is 0 Å². The molecule has 2 heterocycles. The Morgan fingerprint density at radius 3 is 2.52 bits per heavy atom. The van der Waals surface area contributed by atoms with E-state index >= 15 is 0 Å². The fourth-order valence-corrected chi connectivity index (χ4v) is 4.03. The predicted octanol–water partition coefficient (Wildman–Crippen LogP) is 5.47. The van der Waals surface area contributed by atoms with Gasteiger partial charge in [0, 0.05) is 28.9 Å². The fraction of sp³-hybridized carbons (Fsp3) is 0.364. The molecule has 5 nitrogen and oxygen atoms in total. The molecule has 0 atom stereocenters. The van der Waals surface area contributed by atoms with Gasteiger partial charge in [-0.3, -0.25) is 9.20 Å².